The molecule has 5 nitrogen and oxygen atoms in total. The SMILES string of the molecule is C1CC2CC2C1.C=C(Nc1cc(C(CCC)N2CC(C(F)(F)F)NC2=C)ccn1)C(C)N. The molecule has 2 aliphatic carbocycles. The number of hydrogen-bond donors (Lipinski definition) is 3. The molecular weight excluding hydrogens is 415 g/mol. The van der Waals surface area contributed by atoms with Gasteiger partial charge in [-0.1, -0.05) is 45.8 Å². The Balaban J connectivity index is 0.000000405. The monoisotopic (exact) mass is 451 g/mol. The van der Waals surface area contributed by atoms with Crippen LogP contribution >= 0.6 is 0 Å². The van der Waals surface area contributed by atoms with Gasteiger partial charge in [0.2, 0.25) is 0 Å². The molecule has 1 saturated heterocycles. The van der Waals surface area contributed by atoms with Gasteiger partial charge in [-0.2, -0.15) is 13.2 Å². The van der Waals surface area contributed by atoms with E-state index in [1.54, 1.807) is 37.3 Å². The van der Waals surface area contributed by atoms with Crippen LogP contribution in [0.15, 0.2) is 43.0 Å². The number of pyridine rings is 1. The van der Waals surface area contributed by atoms with Gasteiger partial charge in [0.05, 0.1) is 11.9 Å². The Hall–Kier alpha value is -2.22. The van der Waals surface area contributed by atoms with E-state index in [9.17, 15) is 13.2 Å². The van der Waals surface area contributed by atoms with Gasteiger partial charge in [0.25, 0.3) is 0 Å². The lowest BCUT2D eigenvalue weighted by Gasteiger charge is -2.30. The Morgan fingerprint density at radius 2 is 2.06 bits per heavy atom. The summed E-state index contributed by atoms with van der Waals surface area (Å²) in [5.74, 6) is 3.28. The fraction of sp³-hybridized carbons (Fsp3) is 0.625. The number of aromatic nitrogens is 1. The maximum atomic E-state index is 13.1. The van der Waals surface area contributed by atoms with E-state index in [2.05, 4.69) is 28.8 Å². The molecule has 8 heteroatoms. The second-order valence-electron chi connectivity index (χ2n) is 9.24. The van der Waals surface area contributed by atoms with Gasteiger partial charge in [-0.15, -0.1) is 0 Å². The van der Waals surface area contributed by atoms with Crippen LogP contribution in [0.25, 0.3) is 0 Å². The zero-order valence-electron chi connectivity index (χ0n) is 19.1. The Morgan fingerprint density at radius 3 is 2.53 bits per heavy atom. The van der Waals surface area contributed by atoms with Crippen LogP contribution in [0.1, 0.15) is 64.0 Å². The van der Waals surface area contributed by atoms with Crippen molar-refractivity contribution in [3.8, 4) is 0 Å². The summed E-state index contributed by atoms with van der Waals surface area (Å²) in [7, 11) is 0. The van der Waals surface area contributed by atoms with Crippen molar-refractivity contribution in [1.82, 2.24) is 15.2 Å². The lowest BCUT2D eigenvalue weighted by molar-refractivity contribution is -0.150. The molecule has 1 aromatic rings. The number of nitrogens with two attached hydrogens (primary N) is 1. The van der Waals surface area contributed by atoms with E-state index in [1.165, 1.54) is 18.3 Å². The molecular formula is C24H36F3N5. The fourth-order valence-electron chi connectivity index (χ4n) is 4.57. The van der Waals surface area contributed by atoms with Crippen LogP contribution in [0.3, 0.4) is 0 Å². The maximum Gasteiger partial charge on any atom is 0.410 e. The summed E-state index contributed by atoms with van der Waals surface area (Å²) in [5, 5.41) is 5.51. The molecule has 0 amide bonds. The summed E-state index contributed by atoms with van der Waals surface area (Å²) >= 11 is 0. The molecule has 4 N–H and O–H groups in total. The number of halogens is 3. The number of nitrogens with one attached hydrogen (secondary N) is 2. The van der Waals surface area contributed by atoms with E-state index in [-0.39, 0.29) is 24.4 Å². The van der Waals surface area contributed by atoms with Crippen molar-refractivity contribution >= 4 is 5.82 Å². The van der Waals surface area contributed by atoms with Crippen LogP contribution in [0.2, 0.25) is 0 Å². The van der Waals surface area contributed by atoms with E-state index < -0.39 is 12.2 Å². The smallest absolute Gasteiger partial charge is 0.359 e. The van der Waals surface area contributed by atoms with Crippen molar-refractivity contribution in [1.29, 1.82) is 0 Å². The molecule has 2 saturated carbocycles. The Labute approximate surface area is 189 Å². The highest BCUT2D eigenvalue weighted by atomic mass is 19.4. The minimum Gasteiger partial charge on any atom is -0.359 e. The molecule has 32 heavy (non-hydrogen) atoms. The number of fused-ring (bicyclic) bond motifs is 1. The van der Waals surface area contributed by atoms with Crippen molar-refractivity contribution < 1.29 is 13.2 Å². The highest BCUT2D eigenvalue weighted by Crippen LogP contribution is 2.51. The molecule has 0 aromatic carbocycles. The van der Waals surface area contributed by atoms with Crippen LogP contribution in [-0.4, -0.2) is 34.7 Å². The first-order valence-electron chi connectivity index (χ1n) is 11.6. The van der Waals surface area contributed by atoms with Crippen molar-refractivity contribution in [3.05, 3.63) is 48.6 Å². The molecule has 1 aliphatic heterocycles. The lowest BCUT2D eigenvalue weighted by Crippen LogP contribution is -2.39. The van der Waals surface area contributed by atoms with Crippen molar-refractivity contribution in [3.63, 3.8) is 0 Å². The second kappa shape index (κ2) is 10.1. The summed E-state index contributed by atoms with van der Waals surface area (Å²) in [4.78, 5) is 5.92. The lowest BCUT2D eigenvalue weighted by atomic mass is 10.0. The molecule has 3 aliphatic rings. The summed E-state index contributed by atoms with van der Waals surface area (Å²) in [6.45, 7) is 11.3. The van der Waals surface area contributed by atoms with Crippen LogP contribution in [0.4, 0.5) is 19.0 Å². The maximum absolute atomic E-state index is 13.1. The van der Waals surface area contributed by atoms with Gasteiger partial charge in [0.1, 0.15) is 11.9 Å². The molecule has 178 valence electrons. The first-order chi connectivity index (χ1) is 15.1. The average molecular weight is 452 g/mol. The van der Waals surface area contributed by atoms with E-state index in [4.69, 9.17) is 5.73 Å². The van der Waals surface area contributed by atoms with Gasteiger partial charge >= 0.3 is 6.18 Å². The average Bonchev–Trinajstić information content (AvgIpc) is 3.12. The van der Waals surface area contributed by atoms with Crippen LogP contribution in [0, 0.1) is 11.8 Å². The van der Waals surface area contributed by atoms with Crippen molar-refractivity contribution in [2.45, 2.75) is 76.7 Å². The molecule has 0 bridgehead atoms. The number of alkyl halides is 3. The quantitative estimate of drug-likeness (QED) is 0.524. The molecule has 0 spiro atoms. The molecule has 0 radical (unpaired) electrons. The first-order valence-corrected chi connectivity index (χ1v) is 11.6. The number of anilines is 1. The van der Waals surface area contributed by atoms with E-state index in [1.807, 2.05) is 19.1 Å². The molecule has 4 rings (SSSR count). The largest absolute Gasteiger partial charge is 0.410 e. The topological polar surface area (TPSA) is 66.2 Å². The third-order valence-corrected chi connectivity index (χ3v) is 6.63. The first kappa shape index (κ1) is 24.4. The predicted octanol–water partition coefficient (Wildman–Crippen LogP) is 5.31. The van der Waals surface area contributed by atoms with Crippen molar-refractivity contribution in [2.24, 2.45) is 17.6 Å². The highest BCUT2D eigenvalue weighted by Gasteiger charge is 2.46. The third kappa shape index (κ3) is 6.18. The summed E-state index contributed by atoms with van der Waals surface area (Å²) in [6.07, 6.45) is 5.08. The van der Waals surface area contributed by atoms with Gasteiger partial charge in [-0.25, -0.2) is 4.98 Å². The number of nitrogens with zero attached hydrogens (tertiary/aromatic N) is 2. The molecule has 1 aromatic heterocycles. The minimum absolute atomic E-state index is 0.162. The Kier molecular flexibility index (Phi) is 7.75. The van der Waals surface area contributed by atoms with Crippen molar-refractivity contribution in [2.75, 3.05) is 11.9 Å². The summed E-state index contributed by atoms with van der Waals surface area (Å²) in [5.41, 5.74) is 7.26. The molecule has 5 atom stereocenters. The highest BCUT2D eigenvalue weighted by molar-refractivity contribution is 5.44. The van der Waals surface area contributed by atoms with Gasteiger partial charge in [0.15, 0.2) is 0 Å². The van der Waals surface area contributed by atoms with Gasteiger partial charge in [-0.05, 0) is 49.3 Å². The van der Waals surface area contributed by atoms with Crippen LogP contribution < -0.4 is 16.4 Å². The zero-order chi connectivity index (χ0) is 23.5. The Bertz CT molecular complexity index is 799. The number of rotatable bonds is 7. The zero-order valence-corrected chi connectivity index (χ0v) is 19.1. The number of hydrogen-bond acceptors (Lipinski definition) is 5. The molecule has 5 unspecified atom stereocenters. The van der Waals surface area contributed by atoms with Gasteiger partial charge in [0, 0.05) is 24.5 Å². The predicted molar refractivity (Wildman–Crippen MR) is 123 cm³/mol. The summed E-state index contributed by atoms with van der Waals surface area (Å²) < 4.78 is 39.2. The van der Waals surface area contributed by atoms with Crippen LogP contribution in [-0.2, 0) is 0 Å². The van der Waals surface area contributed by atoms with Gasteiger partial charge < -0.3 is 21.3 Å². The van der Waals surface area contributed by atoms with Gasteiger partial charge in [-0.3, -0.25) is 0 Å². The normalized spacial score (nSPS) is 25.9. The molecule has 3 fully saturated rings. The van der Waals surface area contributed by atoms with E-state index in [0.29, 0.717) is 17.9 Å². The molecule has 2 heterocycles. The standard InChI is InChI=1S/C18H26F3N5.C6H10/c1-5-6-15(26-10-16(18(19,20)21)25-13(26)4)14-7-8-23-17(9-14)24-12(3)11(2)22;1-2-5-4-6(5)3-1/h7-9,11,15-16,25H,3-6,10,22H2,1-2H3,(H,23,24);5-6H,1-4H2. The summed E-state index contributed by atoms with van der Waals surface area (Å²) in [6, 6.07) is 1.56. The van der Waals surface area contributed by atoms with E-state index in [0.717, 1.165) is 12.0 Å². The second-order valence-corrected chi connectivity index (χ2v) is 9.24. The fourth-order valence-corrected chi connectivity index (χ4v) is 4.57. The Morgan fingerprint density at radius 1 is 1.38 bits per heavy atom. The third-order valence-electron chi connectivity index (χ3n) is 6.63. The van der Waals surface area contributed by atoms with E-state index >= 15 is 0 Å². The minimum atomic E-state index is -4.31. The van der Waals surface area contributed by atoms with Crippen LogP contribution in [0.5, 0.6) is 0 Å².